The molecule has 0 unspecified atom stereocenters. The molecule has 0 N–H and O–H groups in total. The Morgan fingerprint density at radius 3 is 2.76 bits per heavy atom. The summed E-state index contributed by atoms with van der Waals surface area (Å²) >= 11 is 1.53. The Morgan fingerprint density at radius 1 is 1.21 bits per heavy atom. The van der Waals surface area contributed by atoms with E-state index in [1.54, 1.807) is 7.11 Å². The second-order valence-electron chi connectivity index (χ2n) is 8.09. The van der Waals surface area contributed by atoms with E-state index in [0.29, 0.717) is 5.92 Å². The van der Waals surface area contributed by atoms with Crippen molar-refractivity contribution < 1.29 is 9.53 Å². The molecule has 1 aliphatic heterocycles. The number of likely N-dealkylation sites (tertiary alicyclic amines) is 1. The summed E-state index contributed by atoms with van der Waals surface area (Å²) in [7, 11) is 5.85. The first-order valence-corrected chi connectivity index (χ1v) is 11.3. The largest absolute Gasteiger partial charge is 0.496 e. The molecule has 0 spiro atoms. The number of rotatable bonds is 9. The number of hydrogen-bond donors (Lipinski definition) is 0. The van der Waals surface area contributed by atoms with E-state index in [4.69, 9.17) is 4.74 Å². The Morgan fingerprint density at radius 2 is 2.03 bits per heavy atom. The highest BCUT2D eigenvalue weighted by Gasteiger charge is 2.25. The Hall–Kier alpha value is -1.89. The van der Waals surface area contributed by atoms with Crippen LogP contribution in [0, 0.1) is 5.92 Å². The van der Waals surface area contributed by atoms with Gasteiger partial charge in [-0.15, -0.1) is 11.3 Å². The van der Waals surface area contributed by atoms with Crippen molar-refractivity contribution >= 4 is 17.2 Å². The van der Waals surface area contributed by atoms with E-state index in [2.05, 4.69) is 40.9 Å². The van der Waals surface area contributed by atoms with Crippen LogP contribution in [0.2, 0.25) is 0 Å². The lowest BCUT2D eigenvalue weighted by Crippen LogP contribution is -2.44. The van der Waals surface area contributed by atoms with Crippen LogP contribution in [-0.2, 0) is 6.54 Å². The number of thiophene rings is 1. The first kappa shape index (κ1) is 21.8. The van der Waals surface area contributed by atoms with E-state index in [1.165, 1.54) is 29.7 Å². The summed E-state index contributed by atoms with van der Waals surface area (Å²) in [5.41, 5.74) is 1.23. The SMILES string of the molecule is COc1ccccc1CN1CCC[C@@H](CN(CCN(C)C)C(=O)c2cccs2)C1. The lowest BCUT2D eigenvalue weighted by atomic mass is 9.96. The van der Waals surface area contributed by atoms with Crippen molar-refractivity contribution in [1.82, 2.24) is 14.7 Å². The maximum absolute atomic E-state index is 13.0. The molecule has 5 nitrogen and oxygen atoms in total. The van der Waals surface area contributed by atoms with Crippen molar-refractivity contribution in [3.63, 3.8) is 0 Å². The average Bonchev–Trinajstić information content (AvgIpc) is 3.26. The van der Waals surface area contributed by atoms with Crippen molar-refractivity contribution in [2.24, 2.45) is 5.92 Å². The van der Waals surface area contributed by atoms with E-state index in [9.17, 15) is 4.79 Å². The summed E-state index contributed by atoms with van der Waals surface area (Å²) in [5.74, 6) is 1.63. The second-order valence-corrected chi connectivity index (χ2v) is 9.03. The number of carbonyl (C=O) groups excluding carboxylic acids is 1. The predicted molar refractivity (Wildman–Crippen MR) is 120 cm³/mol. The highest BCUT2D eigenvalue weighted by Crippen LogP contribution is 2.24. The normalized spacial score (nSPS) is 17.4. The third-order valence-electron chi connectivity index (χ3n) is 5.50. The molecule has 0 bridgehead atoms. The van der Waals surface area contributed by atoms with Gasteiger partial charge in [-0.2, -0.15) is 0 Å². The van der Waals surface area contributed by atoms with Gasteiger partial charge in [-0.3, -0.25) is 9.69 Å². The monoisotopic (exact) mass is 415 g/mol. The molecule has 2 aromatic rings. The first-order chi connectivity index (χ1) is 14.1. The van der Waals surface area contributed by atoms with Crippen LogP contribution in [0.1, 0.15) is 28.1 Å². The van der Waals surface area contributed by atoms with Gasteiger partial charge in [0.1, 0.15) is 5.75 Å². The number of methoxy groups -OCH3 is 1. The predicted octanol–water partition coefficient (Wildman–Crippen LogP) is 3.67. The number of benzene rings is 1. The molecule has 0 aliphatic carbocycles. The Labute approximate surface area is 178 Å². The summed E-state index contributed by atoms with van der Waals surface area (Å²) in [6, 6.07) is 12.1. The number of likely N-dealkylation sites (N-methyl/N-ethyl adjacent to an activating group) is 1. The van der Waals surface area contributed by atoms with Gasteiger partial charge >= 0.3 is 0 Å². The fourth-order valence-corrected chi connectivity index (χ4v) is 4.67. The zero-order valence-electron chi connectivity index (χ0n) is 17.8. The average molecular weight is 416 g/mol. The zero-order valence-corrected chi connectivity index (χ0v) is 18.7. The zero-order chi connectivity index (χ0) is 20.6. The molecule has 29 heavy (non-hydrogen) atoms. The summed E-state index contributed by atoms with van der Waals surface area (Å²) in [4.78, 5) is 20.6. The molecule has 1 fully saturated rings. The van der Waals surface area contributed by atoms with Crippen molar-refractivity contribution in [2.45, 2.75) is 19.4 Å². The van der Waals surface area contributed by atoms with Crippen LogP contribution in [0.25, 0.3) is 0 Å². The number of carbonyl (C=O) groups is 1. The second kappa shape index (κ2) is 10.8. The lowest BCUT2D eigenvalue weighted by Gasteiger charge is -2.36. The van der Waals surface area contributed by atoms with Gasteiger partial charge in [0.25, 0.3) is 5.91 Å². The number of para-hydroxylation sites is 1. The number of hydrogen-bond acceptors (Lipinski definition) is 5. The minimum absolute atomic E-state index is 0.170. The summed E-state index contributed by atoms with van der Waals surface area (Å²) in [6.07, 6.45) is 2.35. The molecule has 0 radical (unpaired) electrons. The van der Waals surface area contributed by atoms with Gasteiger partial charge in [0, 0.05) is 38.3 Å². The van der Waals surface area contributed by atoms with Gasteiger partial charge in [0.15, 0.2) is 0 Å². The van der Waals surface area contributed by atoms with Gasteiger partial charge in [-0.25, -0.2) is 0 Å². The molecule has 1 amide bonds. The molecular formula is C23H33N3O2S. The topological polar surface area (TPSA) is 36.0 Å². The van der Waals surface area contributed by atoms with E-state index >= 15 is 0 Å². The number of ether oxygens (including phenoxy) is 1. The standard InChI is InChI=1S/C23H33N3O2S/c1-24(2)13-14-26(23(27)22-11-7-15-29-22)17-19-8-6-12-25(16-19)18-20-9-4-5-10-21(20)28-3/h4-5,7,9-11,15,19H,6,8,12-14,16-18H2,1-3H3/t19-/m1/s1. The quantitative estimate of drug-likeness (QED) is 0.626. The molecule has 1 aromatic heterocycles. The molecule has 2 heterocycles. The summed E-state index contributed by atoms with van der Waals surface area (Å²) < 4.78 is 5.52. The molecule has 1 aromatic carbocycles. The van der Waals surface area contributed by atoms with Crippen molar-refractivity contribution in [1.29, 1.82) is 0 Å². The van der Waals surface area contributed by atoms with Crippen LogP contribution in [0.4, 0.5) is 0 Å². The molecule has 1 saturated heterocycles. The van der Waals surface area contributed by atoms with Crippen LogP contribution < -0.4 is 4.74 Å². The fraction of sp³-hybridized carbons (Fsp3) is 0.522. The van der Waals surface area contributed by atoms with E-state index in [0.717, 1.165) is 49.9 Å². The summed E-state index contributed by atoms with van der Waals surface area (Å²) in [5, 5.41) is 1.98. The number of amides is 1. The lowest BCUT2D eigenvalue weighted by molar-refractivity contribution is 0.0665. The Bertz CT molecular complexity index is 763. The van der Waals surface area contributed by atoms with Crippen LogP contribution in [-0.4, -0.2) is 74.5 Å². The van der Waals surface area contributed by atoms with Gasteiger partial charge in [-0.1, -0.05) is 24.3 Å². The maximum atomic E-state index is 13.0. The Kier molecular flexibility index (Phi) is 8.09. The number of nitrogens with zero attached hydrogens (tertiary/aromatic N) is 3. The van der Waals surface area contributed by atoms with Crippen molar-refractivity contribution in [2.75, 3.05) is 53.9 Å². The van der Waals surface area contributed by atoms with Crippen molar-refractivity contribution in [3.05, 3.63) is 52.2 Å². The minimum Gasteiger partial charge on any atom is -0.496 e. The first-order valence-electron chi connectivity index (χ1n) is 10.4. The Balaban J connectivity index is 1.63. The molecule has 1 aliphatic rings. The van der Waals surface area contributed by atoms with Crippen LogP contribution in [0.5, 0.6) is 5.75 Å². The van der Waals surface area contributed by atoms with Crippen LogP contribution in [0.3, 0.4) is 0 Å². The van der Waals surface area contributed by atoms with Crippen molar-refractivity contribution in [3.8, 4) is 5.75 Å². The van der Waals surface area contributed by atoms with Gasteiger partial charge < -0.3 is 14.5 Å². The van der Waals surface area contributed by atoms with E-state index < -0.39 is 0 Å². The van der Waals surface area contributed by atoms with Gasteiger partial charge in [0.2, 0.25) is 0 Å². The molecule has 158 valence electrons. The maximum Gasteiger partial charge on any atom is 0.263 e. The van der Waals surface area contributed by atoms with Gasteiger partial charge in [0.05, 0.1) is 12.0 Å². The third-order valence-corrected chi connectivity index (χ3v) is 6.36. The minimum atomic E-state index is 0.170. The highest BCUT2D eigenvalue weighted by atomic mass is 32.1. The molecule has 1 atom stereocenters. The molecular weight excluding hydrogens is 382 g/mol. The molecule has 0 saturated carbocycles. The van der Waals surface area contributed by atoms with Crippen LogP contribution in [0.15, 0.2) is 41.8 Å². The number of piperidine rings is 1. The smallest absolute Gasteiger partial charge is 0.263 e. The van der Waals surface area contributed by atoms with Gasteiger partial charge in [-0.05, 0) is 56.9 Å². The fourth-order valence-electron chi connectivity index (χ4n) is 3.98. The van der Waals surface area contributed by atoms with E-state index in [1.807, 2.05) is 29.6 Å². The molecule has 3 rings (SSSR count). The highest BCUT2D eigenvalue weighted by molar-refractivity contribution is 7.12. The third kappa shape index (κ3) is 6.29. The molecule has 6 heteroatoms. The van der Waals surface area contributed by atoms with Crippen LogP contribution >= 0.6 is 11.3 Å². The van der Waals surface area contributed by atoms with E-state index in [-0.39, 0.29) is 5.91 Å². The summed E-state index contributed by atoms with van der Waals surface area (Å²) in [6.45, 7) is 5.50.